The third-order valence-electron chi connectivity index (χ3n) is 2.62. The number of hydrogen-bond acceptors (Lipinski definition) is 3. The molecule has 0 fully saturated rings. The van der Waals surface area contributed by atoms with E-state index in [9.17, 15) is 19.1 Å². The number of hydrogen-bond donors (Lipinski definition) is 2. The zero-order chi connectivity index (χ0) is 16.2. The van der Waals surface area contributed by atoms with Crippen LogP contribution in [0.25, 0.3) is 6.08 Å². The fraction of sp³-hybridized carbons (Fsp3) is 0.333. The van der Waals surface area contributed by atoms with Crippen molar-refractivity contribution in [3.63, 3.8) is 0 Å². The van der Waals surface area contributed by atoms with Crippen molar-refractivity contribution >= 4 is 18.0 Å². The minimum absolute atomic E-state index is 0.0825. The Morgan fingerprint density at radius 2 is 2.00 bits per heavy atom. The highest BCUT2D eigenvalue weighted by Gasteiger charge is 2.20. The summed E-state index contributed by atoms with van der Waals surface area (Å²) in [4.78, 5) is 23.8. The SMILES string of the molecule is CN(CC(C)(C)O)C(=O)c1ccc(C=CC(=O)O)c(F)c1. The second-order valence-corrected chi connectivity index (χ2v) is 5.38. The van der Waals surface area contributed by atoms with Crippen molar-refractivity contribution in [2.75, 3.05) is 13.6 Å². The molecule has 0 bridgehead atoms. The number of aliphatic carboxylic acids is 1. The average Bonchev–Trinajstić information content (AvgIpc) is 2.34. The van der Waals surface area contributed by atoms with Crippen LogP contribution >= 0.6 is 0 Å². The molecule has 0 aliphatic rings. The van der Waals surface area contributed by atoms with Crippen molar-refractivity contribution in [3.05, 3.63) is 41.2 Å². The molecule has 0 spiro atoms. The van der Waals surface area contributed by atoms with Gasteiger partial charge in [0.05, 0.1) is 5.60 Å². The van der Waals surface area contributed by atoms with E-state index >= 15 is 0 Å². The highest BCUT2D eigenvalue weighted by atomic mass is 19.1. The number of carboxylic acid groups (broad SMARTS) is 1. The van der Waals surface area contributed by atoms with Gasteiger partial charge in [-0.2, -0.15) is 0 Å². The van der Waals surface area contributed by atoms with Gasteiger partial charge in [-0.15, -0.1) is 0 Å². The summed E-state index contributed by atoms with van der Waals surface area (Å²) in [7, 11) is 1.51. The maximum Gasteiger partial charge on any atom is 0.328 e. The van der Waals surface area contributed by atoms with Gasteiger partial charge >= 0.3 is 5.97 Å². The van der Waals surface area contributed by atoms with E-state index in [1.807, 2.05) is 0 Å². The lowest BCUT2D eigenvalue weighted by Gasteiger charge is -2.25. The van der Waals surface area contributed by atoms with Crippen LogP contribution in [0, 0.1) is 5.82 Å². The van der Waals surface area contributed by atoms with E-state index in [-0.39, 0.29) is 17.7 Å². The van der Waals surface area contributed by atoms with Gasteiger partial charge in [-0.25, -0.2) is 9.18 Å². The minimum Gasteiger partial charge on any atom is -0.478 e. The van der Waals surface area contributed by atoms with Crippen LogP contribution in [-0.4, -0.2) is 46.2 Å². The Kier molecular flexibility index (Phi) is 5.21. The number of halogens is 1. The number of carboxylic acids is 1. The van der Waals surface area contributed by atoms with Gasteiger partial charge in [-0.3, -0.25) is 4.79 Å². The number of amides is 1. The first-order valence-electron chi connectivity index (χ1n) is 6.28. The molecule has 0 saturated heterocycles. The van der Waals surface area contributed by atoms with Gasteiger partial charge in [-0.1, -0.05) is 6.07 Å². The van der Waals surface area contributed by atoms with Gasteiger partial charge in [-0.05, 0) is 32.1 Å². The molecule has 0 aliphatic heterocycles. The van der Waals surface area contributed by atoms with Crippen LogP contribution in [0.3, 0.4) is 0 Å². The summed E-state index contributed by atoms with van der Waals surface area (Å²) in [6.07, 6.45) is 1.94. The molecule has 1 rings (SSSR count). The molecule has 0 radical (unpaired) electrons. The van der Waals surface area contributed by atoms with E-state index in [0.717, 1.165) is 18.2 Å². The van der Waals surface area contributed by atoms with E-state index in [1.54, 1.807) is 13.8 Å². The van der Waals surface area contributed by atoms with Gasteiger partial charge in [0.2, 0.25) is 0 Å². The third-order valence-corrected chi connectivity index (χ3v) is 2.62. The Morgan fingerprint density at radius 3 is 2.48 bits per heavy atom. The molecule has 0 aliphatic carbocycles. The normalized spacial score (nSPS) is 11.7. The van der Waals surface area contributed by atoms with E-state index in [4.69, 9.17) is 5.11 Å². The molecule has 0 atom stereocenters. The Morgan fingerprint density at radius 1 is 1.38 bits per heavy atom. The summed E-state index contributed by atoms with van der Waals surface area (Å²) < 4.78 is 13.8. The van der Waals surface area contributed by atoms with Crippen LogP contribution in [0.15, 0.2) is 24.3 Å². The maximum atomic E-state index is 13.8. The van der Waals surface area contributed by atoms with Crippen molar-refractivity contribution in [2.45, 2.75) is 19.4 Å². The summed E-state index contributed by atoms with van der Waals surface area (Å²) in [6.45, 7) is 3.24. The summed E-state index contributed by atoms with van der Waals surface area (Å²) in [5, 5.41) is 18.2. The molecule has 0 unspecified atom stereocenters. The van der Waals surface area contributed by atoms with Crippen LogP contribution in [0.2, 0.25) is 0 Å². The summed E-state index contributed by atoms with van der Waals surface area (Å²) in [5.41, 5.74) is -0.835. The second kappa shape index (κ2) is 6.49. The van der Waals surface area contributed by atoms with Crippen molar-refractivity contribution in [3.8, 4) is 0 Å². The van der Waals surface area contributed by atoms with Gasteiger partial charge in [0, 0.05) is 30.8 Å². The molecular weight excluding hydrogens is 277 g/mol. The highest BCUT2D eigenvalue weighted by molar-refractivity contribution is 5.94. The smallest absolute Gasteiger partial charge is 0.328 e. The van der Waals surface area contributed by atoms with Crippen molar-refractivity contribution in [2.24, 2.45) is 0 Å². The number of carbonyl (C=O) groups is 2. The lowest BCUT2D eigenvalue weighted by atomic mass is 10.1. The van der Waals surface area contributed by atoms with Crippen molar-refractivity contribution < 1.29 is 24.2 Å². The van der Waals surface area contributed by atoms with E-state index in [1.165, 1.54) is 24.1 Å². The zero-order valence-electron chi connectivity index (χ0n) is 12.1. The molecule has 0 saturated carbocycles. The lowest BCUT2D eigenvalue weighted by Crippen LogP contribution is -2.39. The number of aliphatic hydroxyl groups is 1. The quantitative estimate of drug-likeness (QED) is 0.812. The Bertz CT molecular complexity index is 576. The van der Waals surface area contributed by atoms with Crippen molar-refractivity contribution in [1.82, 2.24) is 4.90 Å². The summed E-state index contributed by atoms with van der Waals surface area (Å²) in [5.74, 6) is -2.29. The number of likely N-dealkylation sites (N-methyl/N-ethyl adjacent to an activating group) is 1. The fourth-order valence-electron chi connectivity index (χ4n) is 1.83. The van der Waals surface area contributed by atoms with Crippen LogP contribution in [0.5, 0.6) is 0 Å². The van der Waals surface area contributed by atoms with Gasteiger partial charge in [0.15, 0.2) is 0 Å². The topological polar surface area (TPSA) is 77.8 Å². The monoisotopic (exact) mass is 295 g/mol. The number of benzene rings is 1. The first-order valence-corrected chi connectivity index (χ1v) is 6.28. The van der Waals surface area contributed by atoms with Crippen LogP contribution < -0.4 is 0 Å². The molecule has 0 heterocycles. The van der Waals surface area contributed by atoms with E-state index < -0.39 is 23.3 Å². The molecule has 1 aromatic rings. The fourth-order valence-corrected chi connectivity index (χ4v) is 1.83. The predicted octanol–water partition coefficient (Wildman–Crippen LogP) is 1.77. The molecule has 1 amide bonds. The summed E-state index contributed by atoms with van der Waals surface area (Å²) in [6, 6.07) is 3.79. The van der Waals surface area contributed by atoms with Crippen molar-refractivity contribution in [1.29, 1.82) is 0 Å². The standard InChI is InChI=1S/C15H18FNO4/c1-15(2,21)9-17(3)14(20)11-5-4-10(12(16)8-11)6-7-13(18)19/h4-8,21H,9H2,1-3H3,(H,18,19). The first-order chi connectivity index (χ1) is 9.60. The molecular formula is C15H18FNO4. The van der Waals surface area contributed by atoms with E-state index in [2.05, 4.69) is 0 Å². The largest absolute Gasteiger partial charge is 0.478 e. The molecule has 1 aromatic carbocycles. The van der Waals surface area contributed by atoms with Gasteiger partial charge in [0.25, 0.3) is 5.91 Å². The molecule has 0 aromatic heterocycles. The Balaban J connectivity index is 2.93. The van der Waals surface area contributed by atoms with Crippen LogP contribution in [0.4, 0.5) is 4.39 Å². The zero-order valence-corrected chi connectivity index (χ0v) is 12.1. The minimum atomic E-state index is -1.18. The Hall–Kier alpha value is -2.21. The van der Waals surface area contributed by atoms with Gasteiger partial charge in [0.1, 0.15) is 5.82 Å². The molecule has 2 N–H and O–H groups in total. The highest BCUT2D eigenvalue weighted by Crippen LogP contribution is 2.15. The number of nitrogens with zero attached hydrogens (tertiary/aromatic N) is 1. The van der Waals surface area contributed by atoms with E-state index in [0.29, 0.717) is 0 Å². The molecule has 6 heteroatoms. The van der Waals surface area contributed by atoms with Gasteiger partial charge < -0.3 is 15.1 Å². The number of carbonyl (C=O) groups excluding carboxylic acids is 1. The molecule has 21 heavy (non-hydrogen) atoms. The number of rotatable bonds is 5. The van der Waals surface area contributed by atoms with Crippen LogP contribution in [-0.2, 0) is 4.79 Å². The third kappa shape index (κ3) is 5.35. The van der Waals surface area contributed by atoms with Crippen LogP contribution in [0.1, 0.15) is 29.8 Å². The Labute approximate surface area is 122 Å². The molecule has 5 nitrogen and oxygen atoms in total. The molecule has 114 valence electrons. The predicted molar refractivity (Wildman–Crippen MR) is 76.3 cm³/mol. The second-order valence-electron chi connectivity index (χ2n) is 5.38. The average molecular weight is 295 g/mol. The lowest BCUT2D eigenvalue weighted by molar-refractivity contribution is -0.131. The maximum absolute atomic E-state index is 13.8. The summed E-state index contributed by atoms with van der Waals surface area (Å²) >= 11 is 0. The first kappa shape index (κ1) is 16.8.